The second-order valence-corrected chi connectivity index (χ2v) is 4.45. The molecule has 2 aromatic rings. The van der Waals surface area contributed by atoms with Crippen LogP contribution in [0.1, 0.15) is 0 Å². The monoisotopic (exact) mass is 276 g/mol. The first kappa shape index (κ1) is 12.5. The minimum atomic E-state index is -0.414. The van der Waals surface area contributed by atoms with Crippen molar-refractivity contribution in [3.8, 4) is 0 Å². The number of aromatic amines is 1. The Morgan fingerprint density at radius 1 is 1.15 bits per heavy atom. The van der Waals surface area contributed by atoms with Crippen molar-refractivity contribution in [2.45, 2.75) is 0 Å². The molecule has 0 bridgehead atoms. The number of hydrogen-bond donors (Lipinski definition) is 1. The van der Waals surface area contributed by atoms with Crippen molar-refractivity contribution in [2.24, 2.45) is 0 Å². The number of hydrogen-bond acceptors (Lipinski definition) is 6. The van der Waals surface area contributed by atoms with E-state index in [-0.39, 0.29) is 5.56 Å². The molecule has 3 rings (SSSR count). The van der Waals surface area contributed by atoms with Crippen LogP contribution >= 0.6 is 0 Å². The molecule has 3 heterocycles. The van der Waals surface area contributed by atoms with Crippen molar-refractivity contribution in [1.82, 2.24) is 20.2 Å². The largest absolute Gasteiger partial charge is 0.352 e. The highest BCUT2D eigenvalue weighted by Crippen LogP contribution is 2.18. The average Bonchev–Trinajstić information content (AvgIpc) is 2.49. The van der Waals surface area contributed by atoms with E-state index >= 15 is 0 Å². The highest BCUT2D eigenvalue weighted by molar-refractivity contribution is 5.44. The zero-order valence-electron chi connectivity index (χ0n) is 10.7. The normalized spacial score (nSPS) is 15.4. The fraction of sp³-hybridized carbons (Fsp3) is 0.333. The fourth-order valence-electron chi connectivity index (χ4n) is 2.20. The van der Waals surface area contributed by atoms with Gasteiger partial charge in [0.1, 0.15) is 12.1 Å². The van der Waals surface area contributed by atoms with E-state index in [2.05, 4.69) is 20.2 Å². The van der Waals surface area contributed by atoms with Crippen LogP contribution in [0.25, 0.3) is 0 Å². The summed E-state index contributed by atoms with van der Waals surface area (Å²) in [5, 5.41) is 6.40. The van der Waals surface area contributed by atoms with Crippen molar-refractivity contribution in [3.05, 3.63) is 40.8 Å². The molecule has 0 spiro atoms. The quantitative estimate of drug-likeness (QED) is 0.833. The molecule has 7 nitrogen and oxygen atoms in total. The summed E-state index contributed by atoms with van der Waals surface area (Å²) < 4.78 is 13.6. The molecule has 1 aliphatic heterocycles. The van der Waals surface area contributed by atoms with Gasteiger partial charge in [0, 0.05) is 32.2 Å². The van der Waals surface area contributed by atoms with Crippen LogP contribution in [0.3, 0.4) is 0 Å². The highest BCUT2D eigenvalue weighted by Gasteiger charge is 2.21. The maximum atomic E-state index is 13.6. The van der Waals surface area contributed by atoms with Crippen LogP contribution in [0.4, 0.5) is 16.0 Å². The van der Waals surface area contributed by atoms with Crippen LogP contribution in [0.5, 0.6) is 0 Å². The second kappa shape index (κ2) is 5.24. The molecule has 20 heavy (non-hydrogen) atoms. The van der Waals surface area contributed by atoms with Gasteiger partial charge in [-0.05, 0) is 6.07 Å². The molecule has 0 radical (unpaired) electrons. The summed E-state index contributed by atoms with van der Waals surface area (Å²) in [5.74, 6) is 0.629. The minimum Gasteiger partial charge on any atom is -0.352 e. The smallest absolute Gasteiger partial charge is 0.264 e. The third kappa shape index (κ3) is 2.44. The van der Waals surface area contributed by atoms with Gasteiger partial charge in [0.05, 0.1) is 6.20 Å². The summed E-state index contributed by atoms with van der Waals surface area (Å²) in [7, 11) is 0. The van der Waals surface area contributed by atoms with Crippen molar-refractivity contribution in [2.75, 3.05) is 36.0 Å². The summed E-state index contributed by atoms with van der Waals surface area (Å²) in [6.45, 7) is 2.63. The second-order valence-electron chi connectivity index (χ2n) is 4.45. The Morgan fingerprint density at radius 3 is 2.55 bits per heavy atom. The minimum absolute atomic E-state index is 0.226. The van der Waals surface area contributed by atoms with Crippen LogP contribution in [-0.2, 0) is 0 Å². The first-order valence-electron chi connectivity index (χ1n) is 6.25. The van der Waals surface area contributed by atoms with Gasteiger partial charge in [0.2, 0.25) is 0 Å². The lowest BCUT2D eigenvalue weighted by atomic mass is 10.3. The van der Waals surface area contributed by atoms with Gasteiger partial charge >= 0.3 is 0 Å². The van der Waals surface area contributed by atoms with Gasteiger partial charge in [0.15, 0.2) is 11.6 Å². The lowest BCUT2D eigenvalue weighted by molar-refractivity contribution is 0.580. The van der Waals surface area contributed by atoms with Crippen molar-refractivity contribution in [3.63, 3.8) is 0 Å². The maximum Gasteiger partial charge on any atom is 0.264 e. The molecule has 8 heteroatoms. The molecule has 0 unspecified atom stereocenters. The molecule has 104 valence electrons. The lowest BCUT2D eigenvalue weighted by Gasteiger charge is -2.35. The van der Waals surface area contributed by atoms with E-state index in [1.807, 2.05) is 9.80 Å². The number of nitrogens with zero attached hydrogens (tertiary/aromatic N) is 5. The standard InChI is InChI=1S/C12H13FN6O/c13-9-7-14-8-15-12(9)19-5-3-18(4-6-19)10-1-2-11(20)17-16-10/h1-2,7-8H,3-6H2,(H,17,20). The lowest BCUT2D eigenvalue weighted by Crippen LogP contribution is -2.47. The van der Waals surface area contributed by atoms with Crippen LogP contribution < -0.4 is 15.4 Å². The number of H-pyrrole nitrogens is 1. The number of aromatic nitrogens is 4. The zero-order chi connectivity index (χ0) is 13.9. The van der Waals surface area contributed by atoms with Gasteiger partial charge in [0.25, 0.3) is 5.56 Å². The average molecular weight is 276 g/mol. The topological polar surface area (TPSA) is 78.0 Å². The molecule has 1 fully saturated rings. The zero-order valence-corrected chi connectivity index (χ0v) is 10.7. The van der Waals surface area contributed by atoms with Gasteiger partial charge < -0.3 is 9.80 Å². The Bertz CT molecular complexity index is 632. The number of piperazine rings is 1. The Morgan fingerprint density at radius 2 is 1.90 bits per heavy atom. The van der Waals surface area contributed by atoms with Gasteiger partial charge in [-0.2, -0.15) is 5.10 Å². The molecule has 0 amide bonds. The SMILES string of the molecule is O=c1ccc(N2CCN(c3ncncc3F)CC2)n[nH]1. The molecule has 0 atom stereocenters. The van der Waals surface area contributed by atoms with E-state index in [0.717, 1.165) is 6.20 Å². The van der Waals surface area contributed by atoms with E-state index in [0.29, 0.717) is 37.8 Å². The van der Waals surface area contributed by atoms with Gasteiger partial charge in [-0.3, -0.25) is 4.79 Å². The Labute approximate surface area is 114 Å². The molecule has 0 aromatic carbocycles. The molecule has 1 N–H and O–H groups in total. The number of halogens is 1. The molecular formula is C12H13FN6O. The molecule has 1 aliphatic rings. The number of rotatable bonds is 2. The Balaban J connectivity index is 1.69. The molecule has 1 saturated heterocycles. The van der Waals surface area contributed by atoms with Crippen molar-refractivity contribution >= 4 is 11.6 Å². The number of nitrogens with one attached hydrogen (secondary N) is 1. The van der Waals surface area contributed by atoms with Crippen LogP contribution in [0.15, 0.2) is 29.5 Å². The van der Waals surface area contributed by atoms with E-state index in [9.17, 15) is 9.18 Å². The molecule has 2 aromatic heterocycles. The first-order chi connectivity index (χ1) is 9.74. The Hall–Kier alpha value is -2.51. The first-order valence-corrected chi connectivity index (χ1v) is 6.25. The highest BCUT2D eigenvalue weighted by atomic mass is 19.1. The van der Waals surface area contributed by atoms with Crippen LogP contribution in [0, 0.1) is 5.82 Å². The summed E-state index contributed by atoms with van der Waals surface area (Å²) in [5.41, 5.74) is -0.226. The van der Waals surface area contributed by atoms with Gasteiger partial charge in [-0.25, -0.2) is 19.5 Å². The number of anilines is 2. The maximum absolute atomic E-state index is 13.6. The van der Waals surface area contributed by atoms with Gasteiger partial charge in [-0.1, -0.05) is 0 Å². The predicted molar refractivity (Wildman–Crippen MR) is 71.3 cm³/mol. The summed E-state index contributed by atoms with van der Waals surface area (Å²) in [6.07, 6.45) is 2.51. The van der Waals surface area contributed by atoms with Gasteiger partial charge in [-0.15, -0.1) is 0 Å². The third-order valence-electron chi connectivity index (χ3n) is 3.22. The predicted octanol–water partition coefficient (Wildman–Crippen LogP) is 0.0256. The fourth-order valence-corrected chi connectivity index (χ4v) is 2.20. The molecular weight excluding hydrogens is 263 g/mol. The summed E-state index contributed by atoms with van der Waals surface area (Å²) in [6, 6.07) is 3.12. The van der Waals surface area contributed by atoms with Crippen molar-refractivity contribution < 1.29 is 4.39 Å². The van der Waals surface area contributed by atoms with Crippen LogP contribution in [0.2, 0.25) is 0 Å². The van der Waals surface area contributed by atoms with E-state index in [4.69, 9.17) is 0 Å². The Kier molecular flexibility index (Phi) is 3.28. The summed E-state index contributed by atoms with van der Waals surface area (Å²) >= 11 is 0. The molecule has 0 saturated carbocycles. The van der Waals surface area contributed by atoms with E-state index < -0.39 is 5.82 Å². The summed E-state index contributed by atoms with van der Waals surface area (Å²) in [4.78, 5) is 22.5. The van der Waals surface area contributed by atoms with E-state index in [1.54, 1.807) is 6.07 Å². The van der Waals surface area contributed by atoms with Crippen LogP contribution in [-0.4, -0.2) is 46.3 Å². The third-order valence-corrected chi connectivity index (χ3v) is 3.22. The van der Waals surface area contributed by atoms with E-state index in [1.165, 1.54) is 12.4 Å². The van der Waals surface area contributed by atoms with Crippen molar-refractivity contribution in [1.29, 1.82) is 0 Å². The molecule has 0 aliphatic carbocycles.